The van der Waals surface area contributed by atoms with Gasteiger partial charge in [0.15, 0.2) is 0 Å². The van der Waals surface area contributed by atoms with Gasteiger partial charge in [-0.3, -0.25) is 0 Å². The molecule has 0 aromatic heterocycles. The number of rotatable bonds is 2. The summed E-state index contributed by atoms with van der Waals surface area (Å²) >= 11 is 0. The number of nitrogens with two attached hydrogens (primary N) is 1. The molecule has 0 amide bonds. The molecule has 5 heteroatoms. The largest absolute Gasteiger partial charge is 0.390 e. The maximum Gasteiger partial charge on any atom is 0.390 e. The summed E-state index contributed by atoms with van der Waals surface area (Å²) in [6.45, 7) is 6.16. The Labute approximate surface area is 112 Å². The molecular formula is C13H19ClF3N. The Kier molecular flexibility index (Phi) is 5.69. The van der Waals surface area contributed by atoms with E-state index in [0.717, 1.165) is 5.56 Å². The van der Waals surface area contributed by atoms with Crippen LogP contribution >= 0.6 is 12.4 Å². The molecule has 0 bridgehead atoms. The first-order valence-electron chi connectivity index (χ1n) is 5.52. The fourth-order valence-electron chi connectivity index (χ4n) is 1.60. The highest BCUT2D eigenvalue weighted by molar-refractivity contribution is 5.85. The summed E-state index contributed by atoms with van der Waals surface area (Å²) in [4.78, 5) is 0. The molecule has 0 aliphatic heterocycles. The van der Waals surface area contributed by atoms with Crippen LogP contribution in [0.25, 0.3) is 0 Å². The maximum atomic E-state index is 12.2. The van der Waals surface area contributed by atoms with E-state index in [2.05, 4.69) is 20.8 Å². The molecule has 0 saturated heterocycles. The lowest BCUT2D eigenvalue weighted by Gasteiger charge is -2.20. The molecule has 1 nitrogen and oxygen atoms in total. The zero-order valence-corrected chi connectivity index (χ0v) is 11.5. The molecule has 0 heterocycles. The monoisotopic (exact) mass is 281 g/mol. The van der Waals surface area contributed by atoms with E-state index in [9.17, 15) is 13.2 Å². The zero-order valence-electron chi connectivity index (χ0n) is 10.7. The number of alkyl halides is 3. The highest BCUT2D eigenvalue weighted by atomic mass is 35.5. The predicted octanol–water partition coefficient (Wildman–Crippen LogP) is 4.36. The van der Waals surface area contributed by atoms with Crippen molar-refractivity contribution in [2.75, 3.05) is 0 Å². The Morgan fingerprint density at radius 2 is 1.50 bits per heavy atom. The molecule has 0 unspecified atom stereocenters. The molecule has 104 valence electrons. The van der Waals surface area contributed by atoms with E-state index in [0.29, 0.717) is 5.56 Å². The zero-order chi connectivity index (χ0) is 13.3. The molecule has 0 fully saturated rings. The van der Waals surface area contributed by atoms with Gasteiger partial charge in [-0.1, -0.05) is 45.0 Å². The van der Waals surface area contributed by atoms with Crippen LogP contribution in [0.15, 0.2) is 24.3 Å². The molecule has 2 N–H and O–H groups in total. The Morgan fingerprint density at radius 3 is 1.83 bits per heavy atom. The van der Waals surface area contributed by atoms with Crippen molar-refractivity contribution in [3.8, 4) is 0 Å². The quantitative estimate of drug-likeness (QED) is 0.856. The summed E-state index contributed by atoms with van der Waals surface area (Å²) in [6.07, 6.45) is -5.20. The molecule has 0 aliphatic rings. The lowest BCUT2D eigenvalue weighted by molar-refractivity contribution is -0.138. The van der Waals surface area contributed by atoms with Crippen LogP contribution in [0.5, 0.6) is 0 Å². The van der Waals surface area contributed by atoms with Crippen LogP contribution in [0.4, 0.5) is 13.2 Å². The van der Waals surface area contributed by atoms with Gasteiger partial charge in [0.25, 0.3) is 0 Å². The summed E-state index contributed by atoms with van der Waals surface area (Å²) in [5.74, 6) is 0. The summed E-state index contributed by atoms with van der Waals surface area (Å²) in [6, 6.07) is 6.05. The Hall–Kier alpha value is -0.740. The number of benzene rings is 1. The molecule has 0 radical (unpaired) electrons. The number of hydrogen-bond acceptors (Lipinski definition) is 1. The lowest BCUT2D eigenvalue weighted by Crippen LogP contribution is -2.20. The minimum absolute atomic E-state index is 0. The van der Waals surface area contributed by atoms with Gasteiger partial charge in [0.1, 0.15) is 0 Å². The van der Waals surface area contributed by atoms with Crippen molar-refractivity contribution in [2.24, 2.45) is 5.73 Å². The summed E-state index contributed by atoms with van der Waals surface area (Å²) < 4.78 is 36.5. The van der Waals surface area contributed by atoms with Crippen molar-refractivity contribution in [1.29, 1.82) is 0 Å². The van der Waals surface area contributed by atoms with E-state index < -0.39 is 18.6 Å². The Bertz CT molecular complexity index is 365. The molecule has 1 atom stereocenters. The first kappa shape index (κ1) is 17.3. The van der Waals surface area contributed by atoms with Gasteiger partial charge in [-0.15, -0.1) is 12.4 Å². The second kappa shape index (κ2) is 5.93. The molecule has 18 heavy (non-hydrogen) atoms. The van der Waals surface area contributed by atoms with E-state index in [1.807, 2.05) is 12.1 Å². The van der Waals surface area contributed by atoms with Crippen LogP contribution in [0, 0.1) is 0 Å². The van der Waals surface area contributed by atoms with Gasteiger partial charge in [-0.05, 0) is 16.5 Å². The minimum Gasteiger partial charge on any atom is -0.324 e. The molecule has 0 spiro atoms. The number of halogens is 4. The molecule has 1 rings (SSSR count). The third-order valence-corrected chi connectivity index (χ3v) is 2.66. The van der Waals surface area contributed by atoms with E-state index >= 15 is 0 Å². The van der Waals surface area contributed by atoms with Crippen LogP contribution < -0.4 is 5.73 Å². The highest BCUT2D eigenvalue weighted by Gasteiger charge is 2.30. The van der Waals surface area contributed by atoms with Crippen molar-refractivity contribution in [3.63, 3.8) is 0 Å². The average Bonchev–Trinajstić information content (AvgIpc) is 2.14. The standard InChI is InChI=1S/C13H18F3N.ClH/c1-12(2,3)10-6-4-9(5-7-10)11(17)8-13(14,15)16;/h4-7,11H,8,17H2,1-3H3;1H/t11-;/m1./s1. The average molecular weight is 282 g/mol. The summed E-state index contributed by atoms with van der Waals surface area (Å²) in [5, 5.41) is 0. The van der Waals surface area contributed by atoms with E-state index in [4.69, 9.17) is 5.73 Å². The first-order valence-corrected chi connectivity index (χ1v) is 5.52. The SMILES string of the molecule is CC(C)(C)c1ccc([C@H](N)CC(F)(F)F)cc1.Cl. The number of hydrogen-bond donors (Lipinski definition) is 1. The van der Waals surface area contributed by atoms with Gasteiger partial charge in [0, 0.05) is 6.04 Å². The predicted molar refractivity (Wildman–Crippen MR) is 70.0 cm³/mol. The lowest BCUT2D eigenvalue weighted by atomic mass is 9.86. The molecule has 1 aromatic rings. The highest BCUT2D eigenvalue weighted by Crippen LogP contribution is 2.29. The van der Waals surface area contributed by atoms with E-state index in [-0.39, 0.29) is 17.8 Å². The first-order chi connectivity index (χ1) is 7.59. The molecule has 0 saturated carbocycles. The van der Waals surface area contributed by atoms with Crippen molar-refractivity contribution in [2.45, 2.75) is 44.8 Å². The van der Waals surface area contributed by atoms with Crippen molar-refractivity contribution in [1.82, 2.24) is 0 Å². The maximum absolute atomic E-state index is 12.2. The van der Waals surface area contributed by atoms with Gasteiger partial charge in [-0.2, -0.15) is 13.2 Å². The Morgan fingerprint density at radius 1 is 1.06 bits per heavy atom. The Balaban J connectivity index is 0.00000289. The third kappa shape index (κ3) is 5.27. The van der Waals surface area contributed by atoms with E-state index in [1.165, 1.54) is 0 Å². The summed E-state index contributed by atoms with van der Waals surface area (Å²) in [5.41, 5.74) is 7.12. The van der Waals surface area contributed by atoms with E-state index in [1.54, 1.807) is 12.1 Å². The molecular weight excluding hydrogens is 263 g/mol. The summed E-state index contributed by atoms with van der Waals surface area (Å²) in [7, 11) is 0. The van der Waals surface area contributed by atoms with Gasteiger partial charge in [-0.25, -0.2) is 0 Å². The topological polar surface area (TPSA) is 26.0 Å². The van der Waals surface area contributed by atoms with Crippen molar-refractivity contribution in [3.05, 3.63) is 35.4 Å². The smallest absolute Gasteiger partial charge is 0.324 e. The van der Waals surface area contributed by atoms with Gasteiger partial charge < -0.3 is 5.73 Å². The normalized spacial score (nSPS) is 13.9. The van der Waals surface area contributed by atoms with Gasteiger partial charge >= 0.3 is 6.18 Å². The van der Waals surface area contributed by atoms with Gasteiger partial charge in [0.05, 0.1) is 6.42 Å². The van der Waals surface area contributed by atoms with Crippen molar-refractivity contribution < 1.29 is 13.2 Å². The fraction of sp³-hybridized carbons (Fsp3) is 0.538. The third-order valence-electron chi connectivity index (χ3n) is 2.66. The molecule has 0 aliphatic carbocycles. The molecule has 1 aromatic carbocycles. The second-order valence-electron chi connectivity index (χ2n) is 5.30. The van der Waals surface area contributed by atoms with Crippen LogP contribution in [0.2, 0.25) is 0 Å². The minimum atomic E-state index is -4.22. The van der Waals surface area contributed by atoms with Crippen molar-refractivity contribution >= 4 is 12.4 Å². The van der Waals surface area contributed by atoms with Crippen LogP contribution in [-0.4, -0.2) is 6.18 Å². The fourth-order valence-corrected chi connectivity index (χ4v) is 1.60. The van der Waals surface area contributed by atoms with Crippen LogP contribution in [-0.2, 0) is 5.41 Å². The van der Waals surface area contributed by atoms with Crippen LogP contribution in [0.3, 0.4) is 0 Å². The van der Waals surface area contributed by atoms with Crippen LogP contribution in [0.1, 0.15) is 44.4 Å². The van der Waals surface area contributed by atoms with Gasteiger partial charge in [0.2, 0.25) is 0 Å². The second-order valence-corrected chi connectivity index (χ2v) is 5.30.